The summed E-state index contributed by atoms with van der Waals surface area (Å²) in [7, 11) is 0. The number of nitrogens with one attached hydrogen (secondary N) is 1. The fourth-order valence-corrected chi connectivity index (χ4v) is 2.29. The van der Waals surface area contributed by atoms with E-state index in [0.717, 1.165) is 5.56 Å². The summed E-state index contributed by atoms with van der Waals surface area (Å²) in [6.07, 6.45) is 3.56. The van der Waals surface area contributed by atoms with Crippen molar-refractivity contribution < 1.29 is 9.72 Å². The fourth-order valence-electron chi connectivity index (χ4n) is 2.29. The predicted molar refractivity (Wildman–Crippen MR) is 88.8 cm³/mol. The van der Waals surface area contributed by atoms with Gasteiger partial charge in [-0.1, -0.05) is 18.2 Å². The SMILES string of the molecule is O=C(Nc1cccc(Cn2cccn2)c1)c1cccc([N+](=O)[O-])c1. The maximum absolute atomic E-state index is 12.3. The van der Waals surface area contributed by atoms with Crippen molar-refractivity contribution in [3.05, 3.63) is 88.2 Å². The first-order valence-corrected chi connectivity index (χ1v) is 7.24. The lowest BCUT2D eigenvalue weighted by molar-refractivity contribution is -0.384. The number of carbonyl (C=O) groups excluding carboxylic acids is 1. The van der Waals surface area contributed by atoms with Gasteiger partial charge in [-0.3, -0.25) is 19.6 Å². The number of nitrogens with zero attached hydrogens (tertiary/aromatic N) is 3. The topological polar surface area (TPSA) is 90.1 Å². The van der Waals surface area contributed by atoms with E-state index < -0.39 is 10.8 Å². The van der Waals surface area contributed by atoms with Gasteiger partial charge in [0.25, 0.3) is 11.6 Å². The van der Waals surface area contributed by atoms with Gasteiger partial charge in [0.1, 0.15) is 0 Å². The molecule has 7 nitrogen and oxygen atoms in total. The van der Waals surface area contributed by atoms with Gasteiger partial charge < -0.3 is 5.32 Å². The molecule has 7 heteroatoms. The highest BCUT2D eigenvalue weighted by molar-refractivity contribution is 6.04. The summed E-state index contributed by atoms with van der Waals surface area (Å²) in [4.78, 5) is 22.5. The van der Waals surface area contributed by atoms with Crippen LogP contribution in [0.3, 0.4) is 0 Å². The summed E-state index contributed by atoms with van der Waals surface area (Å²) in [6.45, 7) is 0.591. The molecule has 0 unspecified atom stereocenters. The molecule has 120 valence electrons. The maximum Gasteiger partial charge on any atom is 0.270 e. The first kappa shape index (κ1) is 15.4. The van der Waals surface area contributed by atoms with Gasteiger partial charge in [-0.15, -0.1) is 0 Å². The molecule has 0 aliphatic carbocycles. The molecular formula is C17H14N4O3. The minimum atomic E-state index is -0.526. The zero-order valence-corrected chi connectivity index (χ0v) is 12.6. The number of benzene rings is 2. The highest BCUT2D eigenvalue weighted by Crippen LogP contribution is 2.16. The van der Waals surface area contributed by atoms with Crippen LogP contribution >= 0.6 is 0 Å². The molecule has 0 radical (unpaired) electrons. The minimum absolute atomic E-state index is 0.116. The largest absolute Gasteiger partial charge is 0.322 e. The molecule has 0 aliphatic rings. The Bertz CT molecular complexity index is 875. The summed E-state index contributed by atoms with van der Waals surface area (Å²) in [5.74, 6) is -0.394. The number of rotatable bonds is 5. The number of hydrogen-bond donors (Lipinski definition) is 1. The Morgan fingerprint density at radius 2 is 2.00 bits per heavy atom. The number of carbonyl (C=O) groups is 1. The van der Waals surface area contributed by atoms with E-state index in [2.05, 4.69) is 10.4 Å². The Balaban J connectivity index is 1.74. The number of nitro groups is 1. The molecule has 0 bridgehead atoms. The van der Waals surface area contributed by atoms with Crippen molar-refractivity contribution in [2.24, 2.45) is 0 Å². The Hall–Kier alpha value is -3.48. The standard InChI is InChI=1S/C17H14N4O3/c22-17(14-5-2-7-16(11-14)21(23)24)19-15-6-1-4-13(10-15)12-20-9-3-8-18-20/h1-11H,12H2,(H,19,22). The van der Waals surface area contributed by atoms with Crippen LogP contribution in [0.2, 0.25) is 0 Å². The molecule has 1 aromatic heterocycles. The molecule has 3 rings (SSSR count). The van der Waals surface area contributed by atoms with E-state index in [-0.39, 0.29) is 11.3 Å². The Morgan fingerprint density at radius 3 is 2.75 bits per heavy atom. The molecule has 3 aromatic rings. The van der Waals surface area contributed by atoms with Crippen LogP contribution in [0.1, 0.15) is 15.9 Å². The second-order valence-electron chi connectivity index (χ2n) is 5.17. The van der Waals surface area contributed by atoms with Crippen LogP contribution in [0, 0.1) is 10.1 Å². The summed E-state index contributed by atoms with van der Waals surface area (Å²) in [5, 5.41) is 17.7. The first-order chi connectivity index (χ1) is 11.6. The van der Waals surface area contributed by atoms with E-state index in [4.69, 9.17) is 0 Å². The van der Waals surface area contributed by atoms with E-state index in [1.54, 1.807) is 16.9 Å². The molecular weight excluding hydrogens is 308 g/mol. The predicted octanol–water partition coefficient (Wildman–Crippen LogP) is 3.09. The summed E-state index contributed by atoms with van der Waals surface area (Å²) in [5.41, 5.74) is 1.73. The minimum Gasteiger partial charge on any atom is -0.322 e. The Kier molecular flexibility index (Phi) is 4.33. The Labute approximate surface area is 137 Å². The third-order valence-electron chi connectivity index (χ3n) is 3.41. The average Bonchev–Trinajstić information content (AvgIpc) is 3.08. The van der Waals surface area contributed by atoms with Gasteiger partial charge in [0.2, 0.25) is 0 Å². The van der Waals surface area contributed by atoms with Crippen LogP contribution in [-0.2, 0) is 6.54 Å². The average molecular weight is 322 g/mol. The van der Waals surface area contributed by atoms with Crippen LogP contribution in [0.15, 0.2) is 67.0 Å². The van der Waals surface area contributed by atoms with Gasteiger partial charge in [-0.25, -0.2) is 0 Å². The lowest BCUT2D eigenvalue weighted by Gasteiger charge is -2.08. The molecule has 0 spiro atoms. The van der Waals surface area contributed by atoms with Gasteiger partial charge in [-0.2, -0.15) is 5.10 Å². The Morgan fingerprint density at radius 1 is 1.17 bits per heavy atom. The summed E-state index contributed by atoms with van der Waals surface area (Å²) >= 11 is 0. The highest BCUT2D eigenvalue weighted by Gasteiger charge is 2.11. The van der Waals surface area contributed by atoms with E-state index in [0.29, 0.717) is 12.2 Å². The molecule has 0 fully saturated rings. The molecule has 24 heavy (non-hydrogen) atoms. The second-order valence-corrected chi connectivity index (χ2v) is 5.17. The molecule has 1 heterocycles. The van der Waals surface area contributed by atoms with E-state index in [1.807, 2.05) is 30.5 Å². The molecule has 1 amide bonds. The fraction of sp³-hybridized carbons (Fsp3) is 0.0588. The summed E-state index contributed by atoms with van der Waals surface area (Å²) in [6, 6.07) is 14.8. The number of amides is 1. The molecule has 1 N–H and O–H groups in total. The maximum atomic E-state index is 12.3. The van der Waals surface area contributed by atoms with Crippen LogP contribution in [-0.4, -0.2) is 20.6 Å². The van der Waals surface area contributed by atoms with Crippen molar-refractivity contribution in [1.29, 1.82) is 0 Å². The van der Waals surface area contributed by atoms with Crippen molar-refractivity contribution in [1.82, 2.24) is 9.78 Å². The zero-order valence-electron chi connectivity index (χ0n) is 12.6. The molecule has 0 saturated carbocycles. The van der Waals surface area contributed by atoms with Crippen molar-refractivity contribution >= 4 is 17.3 Å². The van der Waals surface area contributed by atoms with E-state index >= 15 is 0 Å². The smallest absolute Gasteiger partial charge is 0.270 e. The van der Waals surface area contributed by atoms with Gasteiger partial charge >= 0.3 is 0 Å². The van der Waals surface area contributed by atoms with Crippen LogP contribution < -0.4 is 5.32 Å². The van der Waals surface area contributed by atoms with Crippen molar-refractivity contribution in [2.75, 3.05) is 5.32 Å². The molecule has 0 aliphatic heterocycles. The van der Waals surface area contributed by atoms with Crippen molar-refractivity contribution in [3.8, 4) is 0 Å². The number of nitro benzene ring substituents is 1. The summed E-state index contributed by atoms with van der Waals surface area (Å²) < 4.78 is 1.78. The zero-order chi connectivity index (χ0) is 16.9. The van der Waals surface area contributed by atoms with Crippen LogP contribution in [0.4, 0.5) is 11.4 Å². The number of non-ortho nitro benzene ring substituents is 1. The highest BCUT2D eigenvalue weighted by atomic mass is 16.6. The van der Waals surface area contributed by atoms with Gasteiger partial charge in [0.15, 0.2) is 0 Å². The van der Waals surface area contributed by atoms with Gasteiger partial charge in [0.05, 0.1) is 11.5 Å². The van der Waals surface area contributed by atoms with E-state index in [1.165, 1.54) is 24.3 Å². The van der Waals surface area contributed by atoms with Crippen LogP contribution in [0.5, 0.6) is 0 Å². The normalized spacial score (nSPS) is 10.3. The molecule has 0 atom stereocenters. The number of aromatic nitrogens is 2. The quantitative estimate of drug-likeness (QED) is 0.577. The van der Waals surface area contributed by atoms with E-state index in [9.17, 15) is 14.9 Å². The number of hydrogen-bond acceptors (Lipinski definition) is 4. The second kappa shape index (κ2) is 6.74. The lowest BCUT2D eigenvalue weighted by atomic mass is 10.1. The van der Waals surface area contributed by atoms with Crippen molar-refractivity contribution in [3.63, 3.8) is 0 Å². The molecule has 2 aromatic carbocycles. The van der Waals surface area contributed by atoms with Gasteiger partial charge in [-0.05, 0) is 29.8 Å². The third kappa shape index (κ3) is 3.64. The monoisotopic (exact) mass is 322 g/mol. The third-order valence-corrected chi connectivity index (χ3v) is 3.41. The van der Waals surface area contributed by atoms with Gasteiger partial charge in [0, 0.05) is 35.8 Å². The van der Waals surface area contributed by atoms with Crippen LogP contribution in [0.25, 0.3) is 0 Å². The lowest BCUT2D eigenvalue weighted by Crippen LogP contribution is -2.12. The number of anilines is 1. The first-order valence-electron chi connectivity index (χ1n) is 7.24. The van der Waals surface area contributed by atoms with Crippen molar-refractivity contribution in [2.45, 2.75) is 6.54 Å². The molecule has 0 saturated heterocycles.